The Morgan fingerprint density at radius 2 is 2.06 bits per heavy atom. The van der Waals surface area contributed by atoms with Crippen LogP contribution in [0, 0.1) is 0 Å². The van der Waals surface area contributed by atoms with Crippen LogP contribution in [0.1, 0.15) is 5.69 Å². The van der Waals surface area contributed by atoms with Gasteiger partial charge in [-0.1, -0.05) is 0 Å². The van der Waals surface area contributed by atoms with Crippen molar-refractivity contribution < 1.29 is 0 Å². The first-order chi connectivity index (χ1) is 8.25. The molecule has 0 aliphatic rings. The lowest BCUT2D eigenvalue weighted by atomic mass is 10.3. The minimum Gasteiger partial charge on any atom is -0.378 e. The summed E-state index contributed by atoms with van der Waals surface area (Å²) in [4.78, 5) is 14.3. The second-order valence-corrected chi connectivity index (χ2v) is 3.85. The Bertz CT molecular complexity index is 452. The maximum absolute atomic E-state index is 4.32. The molecule has 2 aromatic rings. The fourth-order valence-electron chi connectivity index (χ4n) is 1.37. The molecule has 0 fully saturated rings. The van der Waals surface area contributed by atoms with Crippen LogP contribution in [0.2, 0.25) is 0 Å². The van der Waals surface area contributed by atoms with Crippen LogP contribution < -0.4 is 10.2 Å². The predicted octanol–water partition coefficient (Wildman–Crippen LogP) is 1.55. The summed E-state index contributed by atoms with van der Waals surface area (Å²) >= 11 is 0. The highest BCUT2D eigenvalue weighted by molar-refractivity contribution is 5.47. The summed E-state index contributed by atoms with van der Waals surface area (Å²) in [5.41, 5.74) is 1.94. The van der Waals surface area contributed by atoms with E-state index in [0.29, 0.717) is 6.54 Å². The Hall–Kier alpha value is -2.17. The zero-order chi connectivity index (χ0) is 12.1. The topological polar surface area (TPSA) is 53.9 Å². The van der Waals surface area contributed by atoms with Crippen molar-refractivity contribution in [1.82, 2.24) is 15.0 Å². The molecule has 1 N–H and O–H groups in total. The molecule has 0 saturated carbocycles. The van der Waals surface area contributed by atoms with Crippen molar-refractivity contribution in [2.24, 2.45) is 0 Å². The molecule has 0 unspecified atom stereocenters. The molecule has 0 atom stereocenters. The van der Waals surface area contributed by atoms with Gasteiger partial charge in [-0.15, -0.1) is 0 Å². The van der Waals surface area contributed by atoms with Gasteiger partial charge in [-0.05, 0) is 18.2 Å². The highest BCUT2D eigenvalue weighted by Crippen LogP contribution is 2.12. The average molecular weight is 229 g/mol. The first-order valence-corrected chi connectivity index (χ1v) is 5.38. The number of hydrogen-bond acceptors (Lipinski definition) is 5. The Labute approximate surface area is 101 Å². The van der Waals surface area contributed by atoms with E-state index in [9.17, 15) is 0 Å². The molecule has 0 radical (unpaired) electrons. The molecular formula is C12H15N5. The van der Waals surface area contributed by atoms with E-state index < -0.39 is 0 Å². The Morgan fingerprint density at radius 3 is 2.65 bits per heavy atom. The van der Waals surface area contributed by atoms with Crippen LogP contribution in [0.3, 0.4) is 0 Å². The molecule has 0 spiro atoms. The SMILES string of the molecule is CN(C)c1ccc(NCc2ccncn2)cn1. The summed E-state index contributed by atoms with van der Waals surface area (Å²) in [6, 6.07) is 5.86. The van der Waals surface area contributed by atoms with Gasteiger partial charge in [-0.3, -0.25) is 0 Å². The van der Waals surface area contributed by atoms with Gasteiger partial charge in [0.25, 0.3) is 0 Å². The Morgan fingerprint density at radius 1 is 1.18 bits per heavy atom. The van der Waals surface area contributed by atoms with Crippen molar-refractivity contribution in [3.63, 3.8) is 0 Å². The van der Waals surface area contributed by atoms with Gasteiger partial charge in [0.05, 0.1) is 24.1 Å². The van der Waals surface area contributed by atoms with Crippen LogP contribution in [0.25, 0.3) is 0 Å². The van der Waals surface area contributed by atoms with Gasteiger partial charge < -0.3 is 10.2 Å². The van der Waals surface area contributed by atoms with Crippen molar-refractivity contribution in [3.05, 3.63) is 42.6 Å². The molecule has 0 amide bonds. The number of nitrogens with one attached hydrogen (secondary N) is 1. The lowest BCUT2D eigenvalue weighted by molar-refractivity contribution is 1.00. The van der Waals surface area contributed by atoms with Crippen LogP contribution in [0.15, 0.2) is 36.9 Å². The molecule has 5 nitrogen and oxygen atoms in total. The smallest absolute Gasteiger partial charge is 0.128 e. The van der Waals surface area contributed by atoms with E-state index in [1.807, 2.05) is 43.4 Å². The van der Waals surface area contributed by atoms with Crippen LogP contribution in [0.5, 0.6) is 0 Å². The molecule has 0 aliphatic carbocycles. The number of aromatic nitrogens is 3. The van der Waals surface area contributed by atoms with Gasteiger partial charge in [-0.2, -0.15) is 0 Å². The maximum Gasteiger partial charge on any atom is 0.128 e. The number of anilines is 2. The second kappa shape index (κ2) is 5.25. The largest absolute Gasteiger partial charge is 0.378 e. The van der Waals surface area contributed by atoms with E-state index >= 15 is 0 Å². The Balaban J connectivity index is 1.96. The van der Waals surface area contributed by atoms with E-state index in [0.717, 1.165) is 17.2 Å². The summed E-state index contributed by atoms with van der Waals surface area (Å²) in [5, 5.41) is 3.26. The van der Waals surface area contributed by atoms with Crippen LogP contribution in [-0.2, 0) is 6.54 Å². The summed E-state index contributed by atoms with van der Waals surface area (Å²) in [7, 11) is 3.94. The molecule has 2 aromatic heterocycles. The van der Waals surface area contributed by atoms with E-state index in [1.165, 1.54) is 0 Å². The predicted molar refractivity (Wildman–Crippen MR) is 67.9 cm³/mol. The van der Waals surface area contributed by atoms with Gasteiger partial charge in [0.1, 0.15) is 12.1 Å². The van der Waals surface area contributed by atoms with Gasteiger partial charge in [-0.25, -0.2) is 15.0 Å². The zero-order valence-corrected chi connectivity index (χ0v) is 9.96. The number of rotatable bonds is 4. The van der Waals surface area contributed by atoms with Crippen LogP contribution in [-0.4, -0.2) is 29.0 Å². The molecule has 0 bridgehead atoms. The zero-order valence-electron chi connectivity index (χ0n) is 9.96. The Kier molecular flexibility index (Phi) is 3.49. The fraction of sp³-hybridized carbons (Fsp3) is 0.250. The third-order valence-electron chi connectivity index (χ3n) is 2.32. The van der Waals surface area contributed by atoms with Crippen LogP contribution >= 0.6 is 0 Å². The minimum atomic E-state index is 0.672. The third-order valence-corrected chi connectivity index (χ3v) is 2.32. The quantitative estimate of drug-likeness (QED) is 0.862. The fourth-order valence-corrected chi connectivity index (χ4v) is 1.37. The summed E-state index contributed by atoms with van der Waals surface area (Å²) in [6.45, 7) is 0.672. The highest BCUT2D eigenvalue weighted by Gasteiger charge is 1.98. The monoisotopic (exact) mass is 229 g/mol. The molecule has 0 aliphatic heterocycles. The number of hydrogen-bond donors (Lipinski definition) is 1. The van der Waals surface area contributed by atoms with E-state index in [-0.39, 0.29) is 0 Å². The minimum absolute atomic E-state index is 0.672. The number of nitrogens with zero attached hydrogens (tertiary/aromatic N) is 4. The first-order valence-electron chi connectivity index (χ1n) is 5.38. The van der Waals surface area contributed by atoms with Crippen molar-refractivity contribution in [1.29, 1.82) is 0 Å². The standard InChI is InChI=1S/C12H15N5/c1-17(2)12-4-3-10(8-15-12)14-7-11-5-6-13-9-16-11/h3-6,8-9,14H,7H2,1-2H3. The summed E-state index contributed by atoms with van der Waals surface area (Å²) in [5.74, 6) is 0.942. The van der Waals surface area contributed by atoms with E-state index in [1.54, 1.807) is 12.5 Å². The molecule has 17 heavy (non-hydrogen) atoms. The maximum atomic E-state index is 4.32. The molecule has 2 heterocycles. The molecule has 2 rings (SSSR count). The van der Waals surface area contributed by atoms with Gasteiger partial charge in [0, 0.05) is 20.3 Å². The number of pyridine rings is 1. The van der Waals surface area contributed by atoms with E-state index in [4.69, 9.17) is 0 Å². The van der Waals surface area contributed by atoms with Crippen molar-refractivity contribution >= 4 is 11.5 Å². The van der Waals surface area contributed by atoms with Gasteiger partial charge in [0.2, 0.25) is 0 Å². The molecule has 88 valence electrons. The normalized spacial score (nSPS) is 10.0. The average Bonchev–Trinajstić information content (AvgIpc) is 2.38. The van der Waals surface area contributed by atoms with Crippen molar-refractivity contribution in [3.8, 4) is 0 Å². The third kappa shape index (κ3) is 3.14. The lowest BCUT2D eigenvalue weighted by Gasteiger charge is -2.11. The summed E-state index contributed by atoms with van der Waals surface area (Å²) in [6.07, 6.45) is 5.10. The molecular weight excluding hydrogens is 214 g/mol. The summed E-state index contributed by atoms with van der Waals surface area (Å²) < 4.78 is 0. The van der Waals surface area contributed by atoms with Gasteiger partial charge in [0.15, 0.2) is 0 Å². The first kappa shape index (κ1) is 11.3. The molecule has 5 heteroatoms. The molecule has 0 aromatic carbocycles. The van der Waals surface area contributed by atoms with Gasteiger partial charge >= 0.3 is 0 Å². The molecule has 0 saturated heterocycles. The second-order valence-electron chi connectivity index (χ2n) is 3.85. The highest BCUT2D eigenvalue weighted by atomic mass is 15.1. The van der Waals surface area contributed by atoms with E-state index in [2.05, 4.69) is 20.3 Å². The van der Waals surface area contributed by atoms with Crippen molar-refractivity contribution in [2.75, 3.05) is 24.3 Å². The lowest BCUT2D eigenvalue weighted by Crippen LogP contribution is -2.10. The van der Waals surface area contributed by atoms with Crippen molar-refractivity contribution in [2.45, 2.75) is 6.54 Å². The van der Waals surface area contributed by atoms with Crippen LogP contribution in [0.4, 0.5) is 11.5 Å².